The van der Waals surface area contributed by atoms with Gasteiger partial charge in [0.15, 0.2) is 0 Å². The summed E-state index contributed by atoms with van der Waals surface area (Å²) in [6.07, 6.45) is 2.59. The van der Waals surface area contributed by atoms with Gasteiger partial charge in [0.2, 0.25) is 0 Å². The van der Waals surface area contributed by atoms with Crippen LogP contribution < -0.4 is 0 Å². The molecule has 1 saturated heterocycles. The number of halogens is 2. The molecule has 0 radical (unpaired) electrons. The second kappa shape index (κ2) is 5.40. The zero-order valence-electron chi connectivity index (χ0n) is 9.75. The number of thioether (sulfide) groups is 1. The molecule has 0 aliphatic carbocycles. The molecule has 0 spiro atoms. The largest absolute Gasteiger partial charge is 0.388 e. The minimum Gasteiger partial charge on any atom is -0.388 e. The van der Waals surface area contributed by atoms with E-state index in [0.29, 0.717) is 16.5 Å². The Morgan fingerprint density at radius 2 is 2.18 bits per heavy atom. The van der Waals surface area contributed by atoms with Crippen LogP contribution in [0.15, 0.2) is 18.2 Å². The van der Waals surface area contributed by atoms with Crippen LogP contribution in [0.3, 0.4) is 0 Å². The summed E-state index contributed by atoms with van der Waals surface area (Å²) in [5.41, 5.74) is 0.441. The first kappa shape index (κ1) is 13.5. The van der Waals surface area contributed by atoms with E-state index in [4.69, 9.17) is 23.2 Å². The predicted octanol–water partition coefficient (Wildman–Crippen LogP) is 4.18. The van der Waals surface area contributed by atoms with Crippen molar-refractivity contribution >= 4 is 35.0 Å². The maximum absolute atomic E-state index is 10.7. The summed E-state index contributed by atoms with van der Waals surface area (Å²) >= 11 is 13.7. The maximum Gasteiger partial charge on any atom is 0.0803 e. The van der Waals surface area contributed by atoms with Gasteiger partial charge in [0, 0.05) is 11.7 Å². The van der Waals surface area contributed by atoms with Crippen LogP contribution in [0.25, 0.3) is 0 Å². The van der Waals surface area contributed by atoms with Crippen LogP contribution in [0.1, 0.15) is 25.3 Å². The fraction of sp³-hybridized carbons (Fsp3) is 0.538. The van der Waals surface area contributed by atoms with Gasteiger partial charge in [-0.3, -0.25) is 0 Å². The first-order valence-corrected chi connectivity index (χ1v) is 7.60. The minimum absolute atomic E-state index is 0.269. The third-order valence-electron chi connectivity index (χ3n) is 3.37. The van der Waals surface area contributed by atoms with E-state index in [2.05, 4.69) is 6.92 Å². The van der Waals surface area contributed by atoms with Crippen molar-refractivity contribution in [1.29, 1.82) is 0 Å². The van der Waals surface area contributed by atoms with Crippen LogP contribution >= 0.6 is 35.0 Å². The molecule has 1 aliphatic rings. The van der Waals surface area contributed by atoms with E-state index in [1.807, 2.05) is 23.9 Å². The average molecular weight is 291 g/mol. The zero-order valence-corrected chi connectivity index (χ0v) is 12.1. The molecule has 1 aromatic carbocycles. The van der Waals surface area contributed by atoms with E-state index in [0.717, 1.165) is 24.2 Å². The molecule has 2 rings (SSSR count). The molecule has 2 unspecified atom stereocenters. The van der Waals surface area contributed by atoms with Crippen molar-refractivity contribution in [3.63, 3.8) is 0 Å². The molecule has 1 aromatic rings. The van der Waals surface area contributed by atoms with Crippen molar-refractivity contribution in [1.82, 2.24) is 0 Å². The molecule has 1 fully saturated rings. The predicted molar refractivity (Wildman–Crippen MR) is 76.3 cm³/mol. The van der Waals surface area contributed by atoms with Crippen LogP contribution in [0.2, 0.25) is 10.0 Å². The molecule has 2 atom stereocenters. The second-order valence-electron chi connectivity index (χ2n) is 4.65. The highest BCUT2D eigenvalue weighted by atomic mass is 35.5. The van der Waals surface area contributed by atoms with E-state index in [1.165, 1.54) is 0 Å². The van der Waals surface area contributed by atoms with Gasteiger partial charge in [0.1, 0.15) is 0 Å². The molecule has 0 bridgehead atoms. The number of hydrogen-bond acceptors (Lipinski definition) is 2. The van der Waals surface area contributed by atoms with Gasteiger partial charge in [0.05, 0.1) is 15.6 Å². The van der Waals surface area contributed by atoms with Gasteiger partial charge < -0.3 is 5.11 Å². The molecule has 0 aromatic heterocycles. The highest BCUT2D eigenvalue weighted by molar-refractivity contribution is 8.00. The Morgan fingerprint density at radius 3 is 2.82 bits per heavy atom. The lowest BCUT2D eigenvalue weighted by Gasteiger charge is -2.37. The van der Waals surface area contributed by atoms with E-state index >= 15 is 0 Å². The molecule has 17 heavy (non-hydrogen) atoms. The van der Waals surface area contributed by atoms with E-state index in [-0.39, 0.29) is 5.25 Å². The van der Waals surface area contributed by atoms with Gasteiger partial charge in [-0.2, -0.15) is 11.8 Å². The summed E-state index contributed by atoms with van der Waals surface area (Å²) in [5, 5.41) is 12.0. The molecule has 0 saturated carbocycles. The highest BCUT2D eigenvalue weighted by Gasteiger charge is 2.36. The van der Waals surface area contributed by atoms with Gasteiger partial charge in [-0.1, -0.05) is 36.2 Å². The van der Waals surface area contributed by atoms with Gasteiger partial charge in [-0.05, 0) is 36.3 Å². The Hall–Kier alpha value is 0.110. The first-order valence-electron chi connectivity index (χ1n) is 5.79. The SMILES string of the molecule is CC1SCCCC1(O)Cc1ccc(Cl)c(Cl)c1. The van der Waals surface area contributed by atoms with Crippen molar-refractivity contribution in [3.05, 3.63) is 33.8 Å². The summed E-state index contributed by atoms with van der Waals surface area (Å²) in [7, 11) is 0. The summed E-state index contributed by atoms with van der Waals surface area (Å²) in [6, 6.07) is 5.59. The Labute approximate surface area is 117 Å². The lowest BCUT2D eigenvalue weighted by atomic mass is 9.87. The maximum atomic E-state index is 10.7. The van der Waals surface area contributed by atoms with Gasteiger partial charge in [-0.25, -0.2) is 0 Å². The van der Waals surface area contributed by atoms with Crippen LogP contribution in [0, 0.1) is 0 Å². The Morgan fingerprint density at radius 1 is 1.41 bits per heavy atom. The number of hydrogen-bond donors (Lipinski definition) is 1. The number of aliphatic hydroxyl groups is 1. The highest BCUT2D eigenvalue weighted by Crippen LogP contribution is 2.37. The summed E-state index contributed by atoms with van der Waals surface area (Å²) in [4.78, 5) is 0. The topological polar surface area (TPSA) is 20.2 Å². The standard InChI is InChI=1S/C13H16Cl2OS/c1-9-13(16,5-2-6-17-9)8-10-3-4-11(14)12(15)7-10/h3-4,7,9,16H,2,5-6,8H2,1H3. The summed E-state index contributed by atoms with van der Waals surface area (Å²) in [6.45, 7) is 2.10. The van der Waals surface area contributed by atoms with Crippen LogP contribution in [-0.4, -0.2) is 21.7 Å². The monoisotopic (exact) mass is 290 g/mol. The number of rotatable bonds is 2. The zero-order chi connectivity index (χ0) is 12.5. The molecule has 1 N–H and O–H groups in total. The lowest BCUT2D eigenvalue weighted by molar-refractivity contribution is 0.0298. The van der Waals surface area contributed by atoms with Crippen molar-refractivity contribution in [2.45, 2.75) is 37.0 Å². The fourth-order valence-electron chi connectivity index (χ4n) is 2.23. The van der Waals surface area contributed by atoms with E-state index in [9.17, 15) is 5.11 Å². The van der Waals surface area contributed by atoms with Crippen molar-refractivity contribution < 1.29 is 5.11 Å². The van der Waals surface area contributed by atoms with E-state index < -0.39 is 5.60 Å². The minimum atomic E-state index is -0.611. The molecule has 1 nitrogen and oxygen atoms in total. The third-order valence-corrected chi connectivity index (χ3v) is 5.58. The smallest absolute Gasteiger partial charge is 0.0803 e. The molecular formula is C13H16Cl2OS. The Kier molecular flexibility index (Phi) is 4.30. The first-order chi connectivity index (χ1) is 8.01. The normalized spacial score (nSPS) is 29.3. The van der Waals surface area contributed by atoms with E-state index in [1.54, 1.807) is 6.07 Å². The Balaban J connectivity index is 2.16. The lowest BCUT2D eigenvalue weighted by Crippen LogP contribution is -2.43. The van der Waals surface area contributed by atoms with Gasteiger partial charge in [-0.15, -0.1) is 0 Å². The second-order valence-corrected chi connectivity index (χ2v) is 6.91. The molecule has 0 amide bonds. The molecule has 4 heteroatoms. The van der Waals surface area contributed by atoms with Crippen LogP contribution in [-0.2, 0) is 6.42 Å². The fourth-order valence-corrected chi connectivity index (χ4v) is 3.73. The molecular weight excluding hydrogens is 275 g/mol. The Bertz CT molecular complexity index is 410. The van der Waals surface area contributed by atoms with Crippen molar-refractivity contribution in [2.24, 2.45) is 0 Å². The van der Waals surface area contributed by atoms with Crippen molar-refractivity contribution in [2.75, 3.05) is 5.75 Å². The summed E-state index contributed by atoms with van der Waals surface area (Å²) in [5.74, 6) is 1.14. The molecule has 1 heterocycles. The number of benzene rings is 1. The van der Waals surface area contributed by atoms with Gasteiger partial charge >= 0.3 is 0 Å². The van der Waals surface area contributed by atoms with Gasteiger partial charge in [0.25, 0.3) is 0 Å². The van der Waals surface area contributed by atoms with Crippen LogP contribution in [0.4, 0.5) is 0 Å². The van der Waals surface area contributed by atoms with Crippen LogP contribution in [0.5, 0.6) is 0 Å². The van der Waals surface area contributed by atoms with Crippen molar-refractivity contribution in [3.8, 4) is 0 Å². The quantitative estimate of drug-likeness (QED) is 0.882. The molecule has 1 aliphatic heterocycles. The summed E-state index contributed by atoms with van der Waals surface area (Å²) < 4.78 is 0. The third kappa shape index (κ3) is 3.11. The average Bonchev–Trinajstić information content (AvgIpc) is 2.28. The molecule has 94 valence electrons.